The maximum Gasteiger partial charge on any atom is 0.225 e. The van der Waals surface area contributed by atoms with E-state index < -0.39 is 11.6 Å². The number of morpholine rings is 1. The van der Waals surface area contributed by atoms with E-state index in [4.69, 9.17) is 9.72 Å². The van der Waals surface area contributed by atoms with Gasteiger partial charge in [-0.05, 0) is 24.3 Å². The third-order valence-corrected chi connectivity index (χ3v) is 5.53. The van der Waals surface area contributed by atoms with Gasteiger partial charge in [0.05, 0.1) is 18.9 Å². The summed E-state index contributed by atoms with van der Waals surface area (Å²) < 4.78 is 32.9. The van der Waals surface area contributed by atoms with Gasteiger partial charge in [0.15, 0.2) is 11.6 Å². The summed E-state index contributed by atoms with van der Waals surface area (Å²) in [6.45, 7) is 7.65. The second-order valence-corrected chi connectivity index (χ2v) is 8.36. The van der Waals surface area contributed by atoms with Gasteiger partial charge in [-0.15, -0.1) is 0 Å². The van der Waals surface area contributed by atoms with Gasteiger partial charge in [0.1, 0.15) is 0 Å². The van der Waals surface area contributed by atoms with Crippen LogP contribution in [0.4, 0.5) is 14.7 Å². The van der Waals surface area contributed by atoms with Crippen LogP contribution in [0, 0.1) is 17.0 Å². The summed E-state index contributed by atoms with van der Waals surface area (Å²) in [7, 11) is 0. The number of halogens is 2. The van der Waals surface area contributed by atoms with Crippen LogP contribution in [0.3, 0.4) is 0 Å². The molecule has 5 nitrogen and oxygen atoms in total. The number of nitrogens with zero attached hydrogens (tertiary/aromatic N) is 3. The van der Waals surface area contributed by atoms with Gasteiger partial charge < -0.3 is 15.0 Å². The first-order valence-corrected chi connectivity index (χ1v) is 9.78. The van der Waals surface area contributed by atoms with E-state index in [0.717, 1.165) is 49.2 Å². The molecule has 1 aromatic heterocycles. The average Bonchev–Trinajstić information content (AvgIpc) is 2.68. The van der Waals surface area contributed by atoms with Crippen molar-refractivity contribution >= 4 is 5.95 Å². The second kappa shape index (κ2) is 7.72. The van der Waals surface area contributed by atoms with Crippen molar-refractivity contribution in [1.82, 2.24) is 15.3 Å². The number of aromatic nitrogens is 2. The first kappa shape index (κ1) is 19.2. The zero-order chi connectivity index (χ0) is 19.7. The lowest BCUT2D eigenvalue weighted by atomic mass is 9.74. The highest BCUT2D eigenvalue weighted by molar-refractivity contribution is 5.37. The van der Waals surface area contributed by atoms with Gasteiger partial charge in [-0.2, -0.15) is 0 Å². The second-order valence-electron chi connectivity index (χ2n) is 8.36. The molecule has 1 saturated heterocycles. The molecule has 0 bridgehead atoms. The van der Waals surface area contributed by atoms with Crippen LogP contribution < -0.4 is 10.2 Å². The fourth-order valence-electron chi connectivity index (χ4n) is 4.05. The highest BCUT2D eigenvalue weighted by Crippen LogP contribution is 2.40. The number of fused-ring (bicyclic) bond motifs is 1. The Hall–Kier alpha value is -2.12. The molecule has 7 heteroatoms. The van der Waals surface area contributed by atoms with E-state index in [9.17, 15) is 8.78 Å². The molecular formula is C21H26F2N4O. The number of anilines is 1. The van der Waals surface area contributed by atoms with Crippen molar-refractivity contribution in [3.05, 3.63) is 52.9 Å². The van der Waals surface area contributed by atoms with Crippen molar-refractivity contribution in [1.29, 1.82) is 0 Å². The van der Waals surface area contributed by atoms with Gasteiger partial charge in [0.25, 0.3) is 0 Å². The summed E-state index contributed by atoms with van der Waals surface area (Å²) in [5.74, 6) is -0.860. The number of hydrogen-bond donors (Lipinski definition) is 1. The molecule has 28 heavy (non-hydrogen) atoms. The van der Waals surface area contributed by atoms with Crippen LogP contribution in [0.25, 0.3) is 0 Å². The van der Waals surface area contributed by atoms with E-state index in [-0.39, 0.29) is 18.0 Å². The quantitative estimate of drug-likeness (QED) is 0.870. The fourth-order valence-corrected chi connectivity index (χ4v) is 4.05. The summed E-state index contributed by atoms with van der Waals surface area (Å²) in [5.41, 5.74) is 2.47. The van der Waals surface area contributed by atoms with Crippen LogP contribution in [0.5, 0.6) is 0 Å². The molecule has 4 rings (SSSR count). The minimum Gasteiger partial charge on any atom is -0.378 e. The molecule has 1 N–H and O–H groups in total. The van der Waals surface area contributed by atoms with Crippen LogP contribution in [-0.4, -0.2) is 36.3 Å². The molecule has 1 fully saturated rings. The molecule has 0 unspecified atom stereocenters. The van der Waals surface area contributed by atoms with Crippen LogP contribution in [0.2, 0.25) is 0 Å². The monoisotopic (exact) mass is 388 g/mol. The van der Waals surface area contributed by atoms with Gasteiger partial charge in [-0.3, -0.25) is 0 Å². The van der Waals surface area contributed by atoms with Crippen molar-refractivity contribution in [2.24, 2.45) is 5.41 Å². The van der Waals surface area contributed by atoms with Gasteiger partial charge in [0, 0.05) is 43.0 Å². The number of ether oxygens (including phenoxy) is 1. The van der Waals surface area contributed by atoms with E-state index in [1.54, 1.807) is 6.07 Å². The van der Waals surface area contributed by atoms with Crippen molar-refractivity contribution in [2.75, 3.05) is 31.2 Å². The maximum absolute atomic E-state index is 14.0. The molecule has 1 aliphatic carbocycles. The summed E-state index contributed by atoms with van der Waals surface area (Å²) in [5, 5.41) is 3.40. The Balaban J connectivity index is 1.56. The normalized spacial score (nSPS) is 21.4. The van der Waals surface area contributed by atoms with Crippen LogP contribution in [0.15, 0.2) is 24.4 Å². The van der Waals surface area contributed by atoms with Crippen LogP contribution in [0.1, 0.15) is 43.1 Å². The Labute approximate surface area is 164 Å². The molecule has 0 radical (unpaired) electrons. The van der Waals surface area contributed by atoms with Crippen LogP contribution >= 0.6 is 0 Å². The minimum absolute atomic E-state index is 0.000145. The zero-order valence-electron chi connectivity index (χ0n) is 16.3. The lowest BCUT2D eigenvalue weighted by molar-refractivity contribution is 0.122. The minimum atomic E-state index is -0.817. The molecule has 2 aliphatic rings. The molecule has 2 aromatic rings. The number of nitrogens with one attached hydrogen (secondary N) is 1. The summed E-state index contributed by atoms with van der Waals surface area (Å²) in [4.78, 5) is 11.6. The van der Waals surface area contributed by atoms with Gasteiger partial charge in [0.2, 0.25) is 5.95 Å². The average molecular weight is 388 g/mol. The highest BCUT2D eigenvalue weighted by atomic mass is 19.2. The Kier molecular flexibility index (Phi) is 5.29. The third-order valence-electron chi connectivity index (χ3n) is 5.53. The van der Waals surface area contributed by atoms with Crippen molar-refractivity contribution in [2.45, 2.75) is 39.3 Å². The predicted molar refractivity (Wildman–Crippen MR) is 103 cm³/mol. The van der Waals surface area contributed by atoms with E-state index in [0.29, 0.717) is 18.8 Å². The van der Waals surface area contributed by atoms with Gasteiger partial charge in [-0.1, -0.05) is 26.0 Å². The highest BCUT2D eigenvalue weighted by Gasteiger charge is 2.34. The molecule has 150 valence electrons. The van der Waals surface area contributed by atoms with E-state index in [1.165, 1.54) is 6.07 Å². The van der Waals surface area contributed by atoms with Crippen molar-refractivity contribution < 1.29 is 13.5 Å². The summed E-state index contributed by atoms with van der Waals surface area (Å²) in [6, 6.07) is 4.28. The topological polar surface area (TPSA) is 50.3 Å². The zero-order valence-corrected chi connectivity index (χ0v) is 16.3. The first-order valence-electron chi connectivity index (χ1n) is 9.78. The van der Waals surface area contributed by atoms with E-state index >= 15 is 0 Å². The third kappa shape index (κ3) is 4.00. The summed E-state index contributed by atoms with van der Waals surface area (Å²) >= 11 is 0. The SMILES string of the molecule is CC1(C)Cc2nc(N3CCOCC3)ncc2[C@@H](NCc2cccc(F)c2F)C1. The molecule has 0 amide bonds. The Morgan fingerprint density at radius 3 is 2.82 bits per heavy atom. The fraction of sp³-hybridized carbons (Fsp3) is 0.524. The van der Waals surface area contributed by atoms with E-state index in [1.807, 2.05) is 6.20 Å². The molecule has 2 heterocycles. The molecular weight excluding hydrogens is 362 g/mol. The summed E-state index contributed by atoms with van der Waals surface area (Å²) in [6.07, 6.45) is 3.65. The van der Waals surface area contributed by atoms with Gasteiger partial charge in [-0.25, -0.2) is 18.7 Å². The van der Waals surface area contributed by atoms with Crippen molar-refractivity contribution in [3.8, 4) is 0 Å². The molecule has 1 atom stereocenters. The van der Waals surface area contributed by atoms with E-state index in [2.05, 4.69) is 29.0 Å². The predicted octanol–water partition coefficient (Wildman–Crippen LogP) is 3.39. The van der Waals surface area contributed by atoms with Crippen LogP contribution in [-0.2, 0) is 17.7 Å². The Morgan fingerprint density at radius 1 is 1.25 bits per heavy atom. The molecule has 1 aliphatic heterocycles. The molecule has 1 aromatic carbocycles. The number of rotatable bonds is 4. The molecule has 0 saturated carbocycles. The first-order chi connectivity index (χ1) is 13.4. The number of benzene rings is 1. The lowest BCUT2D eigenvalue weighted by Gasteiger charge is -2.37. The van der Waals surface area contributed by atoms with Crippen molar-refractivity contribution in [3.63, 3.8) is 0 Å². The number of hydrogen-bond acceptors (Lipinski definition) is 5. The Morgan fingerprint density at radius 2 is 2.04 bits per heavy atom. The largest absolute Gasteiger partial charge is 0.378 e. The standard InChI is InChI=1S/C21H26F2N4O/c1-21(2)10-17(24-12-14-4-3-5-16(22)19(14)23)15-13-25-20(26-18(15)11-21)27-6-8-28-9-7-27/h3-5,13,17,24H,6-12H2,1-2H3/t17-/m0/s1. The maximum atomic E-state index is 14.0. The molecule has 0 spiro atoms. The Bertz CT molecular complexity index is 852. The van der Waals surface area contributed by atoms with Gasteiger partial charge >= 0.3 is 0 Å². The lowest BCUT2D eigenvalue weighted by Crippen LogP contribution is -2.39. The smallest absolute Gasteiger partial charge is 0.225 e.